The van der Waals surface area contributed by atoms with Crippen LogP contribution >= 0.6 is 15.9 Å². The average Bonchev–Trinajstić information content (AvgIpc) is 3.62. The van der Waals surface area contributed by atoms with Gasteiger partial charge in [0.1, 0.15) is 30.5 Å². The second-order valence-corrected chi connectivity index (χ2v) is 9.60. The molecule has 13 nitrogen and oxygen atoms in total. The molecule has 0 aliphatic heterocycles. The highest BCUT2D eigenvalue weighted by atomic mass is 79.9. The van der Waals surface area contributed by atoms with Gasteiger partial charge in [-0.25, -0.2) is 14.4 Å². The van der Waals surface area contributed by atoms with Gasteiger partial charge in [-0.3, -0.25) is 4.79 Å². The minimum absolute atomic E-state index is 0.00985. The molecule has 0 fully saturated rings. The van der Waals surface area contributed by atoms with E-state index in [-0.39, 0.29) is 29.6 Å². The molecule has 5 aromatic rings. The first-order valence-corrected chi connectivity index (χ1v) is 13.6. The number of carbonyl (C=O) groups excluding carboxylic acids is 1. The maximum absolute atomic E-state index is 13.3. The van der Waals surface area contributed by atoms with Crippen LogP contribution in [0.3, 0.4) is 0 Å². The van der Waals surface area contributed by atoms with Crippen LogP contribution in [0.5, 0.6) is 17.2 Å². The average molecular weight is 651 g/mol. The summed E-state index contributed by atoms with van der Waals surface area (Å²) in [5.41, 5.74) is 9.91. The lowest BCUT2D eigenvalue weighted by molar-refractivity contribution is 0.0947. The number of anilines is 1. The van der Waals surface area contributed by atoms with Crippen LogP contribution in [0, 0.1) is 5.82 Å². The summed E-state index contributed by atoms with van der Waals surface area (Å²) in [5, 5.41) is 19.2. The van der Waals surface area contributed by atoms with Crippen LogP contribution in [0.15, 0.2) is 80.9 Å². The molecule has 15 heteroatoms. The third-order valence-electron chi connectivity index (χ3n) is 5.80. The third kappa shape index (κ3) is 7.13. The summed E-state index contributed by atoms with van der Waals surface area (Å²) in [4.78, 5) is 13.1. The Bertz CT molecular complexity index is 1730. The largest absolute Gasteiger partial charge is 0.490 e. The SMILES string of the molecule is CCOc1cc(/C=N/NC(=O)c2nnn(-c3nonc3N)c2COc2ccc(F)cc2)cc(Br)c1OCc1ccccc1. The normalized spacial score (nSPS) is 11.0. The lowest BCUT2D eigenvalue weighted by Gasteiger charge is -2.14. The van der Waals surface area contributed by atoms with Crippen LogP contribution in [0.25, 0.3) is 5.82 Å². The number of rotatable bonds is 12. The summed E-state index contributed by atoms with van der Waals surface area (Å²) in [5.74, 6) is 0.200. The second-order valence-electron chi connectivity index (χ2n) is 8.75. The Morgan fingerprint density at radius 1 is 1.09 bits per heavy atom. The van der Waals surface area contributed by atoms with Crippen molar-refractivity contribution in [3.05, 3.63) is 99.5 Å². The van der Waals surface area contributed by atoms with E-state index >= 15 is 0 Å². The monoisotopic (exact) mass is 650 g/mol. The standard InChI is InChI=1S/C28H24BrFN8O5/c1-2-40-23-13-18(12-21(29)25(23)42-15-17-6-4-3-5-7-17)14-32-34-28(39)24-22(16-41-20-10-8-19(30)9-11-20)38(37-33-24)27-26(31)35-43-36-27/h3-14H,2,15-16H2,1H3,(H2,31,35)(H,34,39)/b32-14+. The maximum atomic E-state index is 13.3. The molecule has 3 aromatic carbocycles. The summed E-state index contributed by atoms with van der Waals surface area (Å²) in [6.45, 7) is 2.43. The van der Waals surface area contributed by atoms with E-state index in [1.807, 2.05) is 37.3 Å². The first kappa shape index (κ1) is 29.2. The van der Waals surface area contributed by atoms with Gasteiger partial charge in [-0.1, -0.05) is 35.5 Å². The zero-order chi connectivity index (χ0) is 30.2. The van der Waals surface area contributed by atoms with Crippen molar-refractivity contribution in [2.24, 2.45) is 5.10 Å². The summed E-state index contributed by atoms with van der Waals surface area (Å²) >= 11 is 3.54. The number of halogens is 2. The highest BCUT2D eigenvalue weighted by Crippen LogP contribution is 2.37. The number of nitrogens with two attached hydrogens (primary N) is 1. The van der Waals surface area contributed by atoms with Gasteiger partial charge in [0.05, 0.1) is 17.3 Å². The molecule has 0 spiro atoms. The van der Waals surface area contributed by atoms with Gasteiger partial charge in [-0.05, 0) is 80.7 Å². The number of nitrogen functional groups attached to an aromatic ring is 1. The lowest BCUT2D eigenvalue weighted by Crippen LogP contribution is -2.21. The van der Waals surface area contributed by atoms with Crippen molar-refractivity contribution in [1.29, 1.82) is 0 Å². The molecule has 0 atom stereocenters. The molecule has 0 bridgehead atoms. The number of amides is 1. The van der Waals surface area contributed by atoms with Crippen LogP contribution in [0.4, 0.5) is 10.2 Å². The summed E-state index contributed by atoms with van der Waals surface area (Å²) < 4.78 is 37.3. The molecule has 2 heterocycles. The van der Waals surface area contributed by atoms with Crippen LogP contribution in [-0.4, -0.2) is 44.0 Å². The van der Waals surface area contributed by atoms with Gasteiger partial charge in [0.25, 0.3) is 5.91 Å². The van der Waals surface area contributed by atoms with E-state index in [2.05, 4.69) is 51.7 Å². The van der Waals surface area contributed by atoms with Gasteiger partial charge < -0.3 is 19.9 Å². The molecular weight excluding hydrogens is 627 g/mol. The molecule has 0 saturated carbocycles. The van der Waals surface area contributed by atoms with E-state index in [4.69, 9.17) is 19.9 Å². The van der Waals surface area contributed by atoms with E-state index in [0.29, 0.717) is 40.5 Å². The molecule has 0 radical (unpaired) electrons. The first-order valence-electron chi connectivity index (χ1n) is 12.8. The smallest absolute Gasteiger partial charge is 0.293 e. The molecule has 5 rings (SSSR count). The quantitative estimate of drug-likeness (QED) is 0.145. The van der Waals surface area contributed by atoms with Crippen LogP contribution < -0.4 is 25.4 Å². The molecule has 220 valence electrons. The van der Waals surface area contributed by atoms with Gasteiger partial charge in [-0.2, -0.15) is 9.78 Å². The molecule has 0 aliphatic carbocycles. The Morgan fingerprint density at radius 2 is 1.88 bits per heavy atom. The molecular formula is C28H24BrFN8O5. The molecule has 0 saturated heterocycles. The number of hydrogen-bond donors (Lipinski definition) is 2. The van der Waals surface area contributed by atoms with E-state index in [1.165, 1.54) is 30.5 Å². The third-order valence-corrected chi connectivity index (χ3v) is 6.39. The van der Waals surface area contributed by atoms with E-state index in [9.17, 15) is 9.18 Å². The molecule has 0 unspecified atom stereocenters. The second kappa shape index (κ2) is 13.6. The van der Waals surface area contributed by atoms with Crippen molar-refractivity contribution in [2.75, 3.05) is 12.3 Å². The maximum Gasteiger partial charge on any atom is 0.293 e. The predicted molar refractivity (Wildman–Crippen MR) is 156 cm³/mol. The lowest BCUT2D eigenvalue weighted by atomic mass is 10.2. The Kier molecular flexibility index (Phi) is 9.21. The fourth-order valence-electron chi connectivity index (χ4n) is 3.81. The number of nitrogens with zero attached hydrogens (tertiary/aromatic N) is 6. The van der Waals surface area contributed by atoms with Gasteiger partial charge >= 0.3 is 0 Å². The minimum atomic E-state index is -0.692. The number of carbonyl (C=O) groups is 1. The van der Waals surface area contributed by atoms with E-state index in [1.54, 1.807) is 12.1 Å². The number of hydrazone groups is 1. The Hall–Kier alpha value is -5.31. The van der Waals surface area contributed by atoms with Crippen LogP contribution in [0.2, 0.25) is 0 Å². The Balaban J connectivity index is 1.33. The zero-order valence-electron chi connectivity index (χ0n) is 22.6. The molecule has 43 heavy (non-hydrogen) atoms. The van der Waals surface area contributed by atoms with Gasteiger partial charge in [-0.15, -0.1) is 5.10 Å². The van der Waals surface area contributed by atoms with E-state index < -0.39 is 11.7 Å². The van der Waals surface area contributed by atoms with Crippen molar-refractivity contribution >= 4 is 33.9 Å². The van der Waals surface area contributed by atoms with Crippen molar-refractivity contribution in [3.63, 3.8) is 0 Å². The van der Waals surface area contributed by atoms with Crippen LogP contribution in [0.1, 0.15) is 34.2 Å². The molecule has 0 aliphatic rings. The highest BCUT2D eigenvalue weighted by Gasteiger charge is 2.24. The highest BCUT2D eigenvalue weighted by molar-refractivity contribution is 9.10. The minimum Gasteiger partial charge on any atom is -0.490 e. The molecule has 1 amide bonds. The van der Waals surface area contributed by atoms with Crippen molar-refractivity contribution < 1.29 is 28.0 Å². The number of nitrogens with one attached hydrogen (secondary N) is 1. The summed E-state index contributed by atoms with van der Waals surface area (Å²) in [6.07, 6.45) is 1.44. The molecule has 3 N–H and O–H groups in total. The van der Waals surface area contributed by atoms with Crippen LogP contribution in [-0.2, 0) is 13.2 Å². The number of hydrogen-bond acceptors (Lipinski definition) is 11. The van der Waals surface area contributed by atoms with Crippen molar-refractivity contribution in [3.8, 4) is 23.1 Å². The predicted octanol–water partition coefficient (Wildman–Crippen LogP) is 4.45. The van der Waals surface area contributed by atoms with Crippen molar-refractivity contribution in [2.45, 2.75) is 20.1 Å². The van der Waals surface area contributed by atoms with E-state index in [0.717, 1.165) is 10.2 Å². The first-order chi connectivity index (χ1) is 20.9. The Labute approximate surface area is 252 Å². The number of benzene rings is 3. The topological polar surface area (TPSA) is 165 Å². The number of aromatic nitrogens is 5. The zero-order valence-corrected chi connectivity index (χ0v) is 24.2. The van der Waals surface area contributed by atoms with Gasteiger partial charge in [0.15, 0.2) is 17.2 Å². The Morgan fingerprint density at radius 3 is 2.60 bits per heavy atom. The van der Waals surface area contributed by atoms with Gasteiger partial charge in [0, 0.05) is 0 Å². The van der Waals surface area contributed by atoms with Crippen molar-refractivity contribution in [1.82, 2.24) is 30.7 Å². The van der Waals surface area contributed by atoms with Gasteiger partial charge in [0.2, 0.25) is 11.6 Å². The summed E-state index contributed by atoms with van der Waals surface area (Å²) in [7, 11) is 0. The number of ether oxygens (including phenoxy) is 3. The molecule has 2 aromatic heterocycles. The summed E-state index contributed by atoms with van der Waals surface area (Å²) in [6, 6.07) is 18.6. The fourth-order valence-corrected chi connectivity index (χ4v) is 4.39. The fraction of sp³-hybridized carbons (Fsp3) is 0.143.